The molecule has 2 atom stereocenters. The van der Waals surface area contributed by atoms with E-state index in [0.29, 0.717) is 6.54 Å². The maximum atomic E-state index is 12.9. The van der Waals surface area contributed by atoms with Crippen LogP contribution in [0.2, 0.25) is 0 Å². The van der Waals surface area contributed by atoms with Crippen molar-refractivity contribution in [2.24, 2.45) is 5.73 Å². The molecule has 114 valence electrons. The van der Waals surface area contributed by atoms with Gasteiger partial charge in [0.25, 0.3) is 0 Å². The average molecular weight is 306 g/mol. The minimum absolute atomic E-state index is 0.00934. The van der Waals surface area contributed by atoms with Gasteiger partial charge in [0.2, 0.25) is 5.91 Å². The summed E-state index contributed by atoms with van der Waals surface area (Å²) in [6.07, 6.45) is 3.92. The number of benzene rings is 1. The first-order valence-corrected chi connectivity index (χ1v) is 7.81. The van der Waals surface area contributed by atoms with E-state index in [9.17, 15) is 9.90 Å². The van der Waals surface area contributed by atoms with Crippen LogP contribution in [-0.4, -0.2) is 40.1 Å². The molecule has 0 bridgehead atoms. The van der Waals surface area contributed by atoms with Gasteiger partial charge in [-0.2, -0.15) is 0 Å². The maximum absolute atomic E-state index is 12.9. The van der Waals surface area contributed by atoms with Crippen LogP contribution in [0.25, 0.3) is 0 Å². The maximum Gasteiger partial charge on any atom is 0.237 e. The van der Waals surface area contributed by atoms with Gasteiger partial charge in [0.05, 0.1) is 17.6 Å². The predicted molar refractivity (Wildman–Crippen MR) is 87.0 cm³/mol. The van der Waals surface area contributed by atoms with Crippen LogP contribution >= 0.6 is 12.2 Å². The molecule has 0 saturated carbocycles. The smallest absolute Gasteiger partial charge is 0.237 e. The first kappa shape index (κ1) is 15.9. The van der Waals surface area contributed by atoms with Gasteiger partial charge in [0.15, 0.2) is 0 Å². The summed E-state index contributed by atoms with van der Waals surface area (Å²) in [4.78, 5) is 14.9. The lowest BCUT2D eigenvalue weighted by atomic mass is 9.96. The summed E-state index contributed by atoms with van der Waals surface area (Å²) in [5.41, 5.74) is 6.64. The lowest BCUT2D eigenvalue weighted by Crippen LogP contribution is -2.46. The van der Waals surface area contributed by atoms with Gasteiger partial charge in [-0.25, -0.2) is 0 Å². The highest BCUT2D eigenvalue weighted by Crippen LogP contribution is 2.24. The van der Waals surface area contributed by atoms with Gasteiger partial charge >= 0.3 is 0 Å². The van der Waals surface area contributed by atoms with Crippen LogP contribution in [-0.2, 0) is 4.79 Å². The number of likely N-dealkylation sites (tertiary alicyclic amines) is 1. The Balaban J connectivity index is 2.27. The molecule has 3 N–H and O–H groups in total. The SMILES string of the molecule is NC(=S)C(C(=O)N1CCCCCC1CO)c1ccccc1. The van der Waals surface area contributed by atoms with Crippen molar-refractivity contribution in [3.63, 3.8) is 0 Å². The molecule has 1 heterocycles. The third-order valence-corrected chi connectivity index (χ3v) is 4.27. The number of aliphatic hydroxyl groups excluding tert-OH is 1. The minimum atomic E-state index is -0.603. The second kappa shape index (κ2) is 7.52. The van der Waals surface area contributed by atoms with Crippen LogP contribution in [0.3, 0.4) is 0 Å². The molecule has 2 rings (SSSR count). The van der Waals surface area contributed by atoms with E-state index >= 15 is 0 Å². The van der Waals surface area contributed by atoms with Crippen molar-refractivity contribution in [1.29, 1.82) is 0 Å². The number of nitrogens with two attached hydrogens (primary N) is 1. The molecule has 0 radical (unpaired) electrons. The zero-order chi connectivity index (χ0) is 15.2. The molecule has 0 aliphatic carbocycles. The molecular formula is C16H22N2O2S. The van der Waals surface area contributed by atoms with Crippen LogP contribution in [0.5, 0.6) is 0 Å². The standard InChI is InChI=1S/C16H22N2O2S/c17-15(21)14(12-7-3-1-4-8-12)16(20)18-10-6-2-5-9-13(18)11-19/h1,3-4,7-8,13-14,19H,2,5-6,9-11H2,(H2,17,21). The van der Waals surface area contributed by atoms with Crippen molar-refractivity contribution in [3.05, 3.63) is 35.9 Å². The van der Waals surface area contributed by atoms with Crippen molar-refractivity contribution >= 4 is 23.1 Å². The Morgan fingerprint density at radius 3 is 2.67 bits per heavy atom. The summed E-state index contributed by atoms with van der Waals surface area (Å²) in [6.45, 7) is 0.653. The van der Waals surface area contributed by atoms with Crippen LogP contribution < -0.4 is 5.73 Å². The van der Waals surface area contributed by atoms with Gasteiger partial charge in [-0.1, -0.05) is 55.4 Å². The van der Waals surface area contributed by atoms with Crippen molar-refractivity contribution < 1.29 is 9.90 Å². The Hall–Kier alpha value is -1.46. The first-order valence-electron chi connectivity index (χ1n) is 7.40. The minimum Gasteiger partial charge on any atom is -0.394 e. The van der Waals surface area contributed by atoms with Crippen molar-refractivity contribution in [2.75, 3.05) is 13.2 Å². The fourth-order valence-electron chi connectivity index (χ4n) is 2.90. The monoisotopic (exact) mass is 306 g/mol. The highest BCUT2D eigenvalue weighted by molar-refractivity contribution is 7.80. The topological polar surface area (TPSA) is 66.6 Å². The van der Waals surface area contributed by atoms with Crippen LogP contribution in [0.1, 0.15) is 37.2 Å². The lowest BCUT2D eigenvalue weighted by Gasteiger charge is -2.32. The van der Waals surface area contributed by atoms with Crippen molar-refractivity contribution in [3.8, 4) is 0 Å². The number of rotatable bonds is 4. The number of nitrogens with zero attached hydrogens (tertiary/aromatic N) is 1. The average Bonchev–Trinajstić information content (AvgIpc) is 2.73. The Morgan fingerprint density at radius 1 is 1.33 bits per heavy atom. The van der Waals surface area contributed by atoms with Gasteiger partial charge in [0.1, 0.15) is 5.92 Å². The zero-order valence-corrected chi connectivity index (χ0v) is 12.9. The fraction of sp³-hybridized carbons (Fsp3) is 0.500. The summed E-state index contributed by atoms with van der Waals surface area (Å²) in [7, 11) is 0. The second-order valence-corrected chi connectivity index (χ2v) is 5.93. The zero-order valence-electron chi connectivity index (χ0n) is 12.1. The molecule has 1 fully saturated rings. The van der Waals surface area contributed by atoms with E-state index in [0.717, 1.165) is 31.2 Å². The summed E-state index contributed by atoms with van der Waals surface area (Å²) >= 11 is 5.12. The van der Waals surface area contributed by atoms with Gasteiger partial charge in [0, 0.05) is 6.54 Å². The van der Waals surface area contributed by atoms with Gasteiger partial charge < -0.3 is 15.7 Å². The Morgan fingerprint density at radius 2 is 2.05 bits per heavy atom. The molecule has 1 aromatic rings. The van der Waals surface area contributed by atoms with E-state index in [1.807, 2.05) is 30.3 Å². The van der Waals surface area contributed by atoms with Crippen molar-refractivity contribution in [2.45, 2.75) is 37.6 Å². The van der Waals surface area contributed by atoms with Crippen molar-refractivity contribution in [1.82, 2.24) is 4.90 Å². The molecule has 2 unspecified atom stereocenters. The molecule has 4 nitrogen and oxygen atoms in total. The third-order valence-electron chi connectivity index (χ3n) is 4.04. The van der Waals surface area contributed by atoms with E-state index < -0.39 is 5.92 Å². The largest absolute Gasteiger partial charge is 0.394 e. The summed E-state index contributed by atoms with van der Waals surface area (Å²) in [6, 6.07) is 9.26. The second-order valence-electron chi connectivity index (χ2n) is 5.46. The Kier molecular flexibility index (Phi) is 5.70. The van der Waals surface area contributed by atoms with Crippen LogP contribution in [0.4, 0.5) is 0 Å². The quantitative estimate of drug-likeness (QED) is 0.833. The van der Waals surface area contributed by atoms with Gasteiger partial charge in [-0.3, -0.25) is 4.79 Å². The van der Waals surface area contributed by atoms with Gasteiger partial charge in [-0.05, 0) is 18.4 Å². The summed E-state index contributed by atoms with van der Waals surface area (Å²) in [5, 5.41) is 9.57. The summed E-state index contributed by atoms with van der Waals surface area (Å²) < 4.78 is 0. The van der Waals surface area contributed by atoms with E-state index in [2.05, 4.69) is 0 Å². The molecule has 0 aromatic heterocycles. The molecule has 21 heavy (non-hydrogen) atoms. The molecule has 1 aliphatic heterocycles. The van der Waals surface area contributed by atoms with E-state index in [1.165, 1.54) is 0 Å². The number of hydrogen-bond donors (Lipinski definition) is 2. The fourth-order valence-corrected chi connectivity index (χ4v) is 3.13. The van der Waals surface area contributed by atoms with Crippen LogP contribution in [0.15, 0.2) is 30.3 Å². The number of aliphatic hydroxyl groups is 1. The van der Waals surface area contributed by atoms with E-state index in [1.54, 1.807) is 4.90 Å². The predicted octanol–water partition coefficient (Wildman–Crippen LogP) is 1.82. The van der Waals surface area contributed by atoms with E-state index in [-0.39, 0.29) is 23.5 Å². The number of thiocarbonyl (C=S) groups is 1. The highest BCUT2D eigenvalue weighted by Gasteiger charge is 2.32. The number of hydrogen-bond acceptors (Lipinski definition) is 3. The molecule has 1 aromatic carbocycles. The van der Waals surface area contributed by atoms with E-state index in [4.69, 9.17) is 18.0 Å². The Labute approximate surface area is 130 Å². The normalized spacial score (nSPS) is 20.6. The van der Waals surface area contributed by atoms with Crippen LogP contribution in [0, 0.1) is 0 Å². The highest BCUT2D eigenvalue weighted by atomic mass is 32.1. The number of carbonyl (C=O) groups is 1. The third kappa shape index (κ3) is 3.80. The first-order chi connectivity index (χ1) is 10.1. The number of carbonyl (C=O) groups excluding carboxylic acids is 1. The molecule has 1 saturated heterocycles. The molecular weight excluding hydrogens is 284 g/mol. The lowest BCUT2D eigenvalue weighted by molar-refractivity contribution is -0.134. The molecule has 1 aliphatic rings. The molecule has 0 spiro atoms. The molecule has 5 heteroatoms. The number of amides is 1. The molecule has 1 amide bonds. The summed E-state index contributed by atoms with van der Waals surface area (Å²) in [5.74, 6) is -0.692. The Bertz CT molecular complexity index is 492. The van der Waals surface area contributed by atoms with Gasteiger partial charge in [-0.15, -0.1) is 0 Å².